The molecular formula is C16H25NO. The molecule has 1 aromatic rings. The molecule has 0 atom stereocenters. The summed E-state index contributed by atoms with van der Waals surface area (Å²) in [5.41, 5.74) is 11.7. The predicted octanol–water partition coefficient (Wildman–Crippen LogP) is 2.86. The average Bonchev–Trinajstić information content (AvgIpc) is 2.23. The van der Waals surface area contributed by atoms with Crippen LogP contribution < -0.4 is 5.73 Å². The molecule has 2 heteroatoms. The summed E-state index contributed by atoms with van der Waals surface area (Å²) in [5.74, 6) is 0. The lowest BCUT2D eigenvalue weighted by atomic mass is 9.59. The molecule has 1 aromatic carbocycles. The number of ether oxygens (including phenoxy) is 1. The zero-order valence-electron chi connectivity index (χ0n) is 12.3. The van der Waals surface area contributed by atoms with Gasteiger partial charge >= 0.3 is 0 Å². The van der Waals surface area contributed by atoms with Crippen LogP contribution in [-0.2, 0) is 10.2 Å². The number of hydrogen-bond donors (Lipinski definition) is 1. The third kappa shape index (κ3) is 1.79. The molecule has 2 nitrogen and oxygen atoms in total. The second kappa shape index (κ2) is 4.36. The van der Waals surface area contributed by atoms with Crippen LogP contribution in [0, 0.1) is 26.2 Å². The number of hydrogen-bond acceptors (Lipinski definition) is 2. The highest BCUT2D eigenvalue weighted by molar-refractivity contribution is 5.43. The molecule has 0 bridgehead atoms. The molecule has 1 aliphatic heterocycles. The second-order valence-electron chi connectivity index (χ2n) is 6.41. The van der Waals surface area contributed by atoms with Crippen molar-refractivity contribution in [2.45, 2.75) is 40.0 Å². The first-order valence-corrected chi connectivity index (χ1v) is 6.70. The Morgan fingerprint density at radius 3 is 2.11 bits per heavy atom. The molecular weight excluding hydrogens is 222 g/mol. The lowest BCUT2D eigenvalue weighted by Gasteiger charge is -2.53. The molecule has 1 fully saturated rings. The molecule has 2 rings (SSSR count). The van der Waals surface area contributed by atoms with E-state index in [9.17, 15) is 0 Å². The standard InChI is InChI=1S/C16H25NO/c1-11-6-13(3)14(7-12(11)2)16(9-18-10-16)15(4,5)8-17/h6-7H,8-10,17H2,1-5H3. The molecule has 0 saturated carbocycles. The Labute approximate surface area is 111 Å². The zero-order chi connectivity index (χ0) is 13.6. The van der Waals surface area contributed by atoms with Crippen molar-refractivity contribution in [3.63, 3.8) is 0 Å². The smallest absolute Gasteiger partial charge is 0.0591 e. The van der Waals surface area contributed by atoms with Crippen molar-refractivity contribution in [2.75, 3.05) is 19.8 Å². The SMILES string of the molecule is Cc1cc(C)c(C2(C(C)(C)CN)COC2)cc1C. The van der Waals surface area contributed by atoms with E-state index in [-0.39, 0.29) is 10.8 Å². The minimum Gasteiger partial charge on any atom is -0.379 e. The van der Waals surface area contributed by atoms with Gasteiger partial charge in [0.1, 0.15) is 0 Å². The highest BCUT2D eigenvalue weighted by atomic mass is 16.5. The molecule has 0 aliphatic carbocycles. The Balaban J connectivity index is 2.55. The Kier molecular flexibility index (Phi) is 3.28. The number of nitrogens with two attached hydrogens (primary N) is 1. The van der Waals surface area contributed by atoms with Crippen LogP contribution in [-0.4, -0.2) is 19.8 Å². The zero-order valence-corrected chi connectivity index (χ0v) is 12.3. The fourth-order valence-corrected chi connectivity index (χ4v) is 2.89. The summed E-state index contributed by atoms with van der Waals surface area (Å²) in [6, 6.07) is 4.63. The number of aryl methyl sites for hydroxylation is 3. The van der Waals surface area contributed by atoms with Gasteiger partial charge < -0.3 is 10.5 Å². The van der Waals surface area contributed by atoms with Gasteiger partial charge in [0.2, 0.25) is 0 Å². The first-order valence-electron chi connectivity index (χ1n) is 6.70. The summed E-state index contributed by atoms with van der Waals surface area (Å²) in [4.78, 5) is 0. The first-order chi connectivity index (χ1) is 8.34. The van der Waals surface area contributed by atoms with Crippen molar-refractivity contribution in [3.05, 3.63) is 34.4 Å². The Hall–Kier alpha value is -0.860. The molecule has 0 aromatic heterocycles. The van der Waals surface area contributed by atoms with Crippen molar-refractivity contribution in [2.24, 2.45) is 11.1 Å². The van der Waals surface area contributed by atoms with Crippen molar-refractivity contribution in [1.82, 2.24) is 0 Å². The van der Waals surface area contributed by atoms with Gasteiger partial charge in [-0.3, -0.25) is 0 Å². The monoisotopic (exact) mass is 247 g/mol. The molecule has 0 amide bonds. The third-order valence-electron chi connectivity index (χ3n) is 4.86. The van der Waals surface area contributed by atoms with Gasteiger partial charge in [-0.05, 0) is 55.0 Å². The summed E-state index contributed by atoms with van der Waals surface area (Å²) in [6.07, 6.45) is 0. The lowest BCUT2D eigenvalue weighted by molar-refractivity contribution is -0.116. The highest BCUT2D eigenvalue weighted by Crippen LogP contribution is 2.48. The van der Waals surface area contributed by atoms with Crippen LogP contribution in [0.4, 0.5) is 0 Å². The molecule has 1 heterocycles. The van der Waals surface area contributed by atoms with Gasteiger partial charge in [-0.1, -0.05) is 26.0 Å². The van der Waals surface area contributed by atoms with Crippen LogP contribution in [0.5, 0.6) is 0 Å². The van der Waals surface area contributed by atoms with Crippen LogP contribution in [0.1, 0.15) is 36.1 Å². The molecule has 18 heavy (non-hydrogen) atoms. The van der Waals surface area contributed by atoms with Crippen LogP contribution in [0.3, 0.4) is 0 Å². The quantitative estimate of drug-likeness (QED) is 0.891. The van der Waals surface area contributed by atoms with Gasteiger partial charge in [-0.25, -0.2) is 0 Å². The Bertz CT molecular complexity index is 458. The Morgan fingerprint density at radius 2 is 1.67 bits per heavy atom. The van der Waals surface area contributed by atoms with E-state index in [0.717, 1.165) is 13.2 Å². The normalized spacial score (nSPS) is 18.6. The van der Waals surface area contributed by atoms with E-state index < -0.39 is 0 Å². The molecule has 2 N–H and O–H groups in total. The van der Waals surface area contributed by atoms with Crippen molar-refractivity contribution in [3.8, 4) is 0 Å². The summed E-state index contributed by atoms with van der Waals surface area (Å²) in [5, 5.41) is 0. The molecule has 0 unspecified atom stereocenters. The van der Waals surface area contributed by atoms with Crippen molar-refractivity contribution < 1.29 is 4.74 Å². The average molecular weight is 247 g/mol. The van der Waals surface area contributed by atoms with Crippen LogP contribution in [0.25, 0.3) is 0 Å². The summed E-state index contributed by atoms with van der Waals surface area (Å²) in [6.45, 7) is 13.3. The van der Waals surface area contributed by atoms with Gasteiger partial charge in [0.05, 0.1) is 13.2 Å². The van der Waals surface area contributed by atoms with Crippen LogP contribution in [0.2, 0.25) is 0 Å². The number of benzene rings is 1. The molecule has 0 spiro atoms. The first kappa shape index (κ1) is 13.6. The van der Waals surface area contributed by atoms with Gasteiger partial charge in [0.15, 0.2) is 0 Å². The summed E-state index contributed by atoms with van der Waals surface area (Å²) < 4.78 is 5.55. The van der Waals surface area contributed by atoms with E-state index in [0.29, 0.717) is 6.54 Å². The van der Waals surface area contributed by atoms with Gasteiger partial charge in [-0.15, -0.1) is 0 Å². The minimum atomic E-state index is 0.0672. The summed E-state index contributed by atoms with van der Waals surface area (Å²) in [7, 11) is 0. The van der Waals surface area contributed by atoms with E-state index in [4.69, 9.17) is 10.5 Å². The van der Waals surface area contributed by atoms with E-state index in [1.807, 2.05) is 0 Å². The predicted molar refractivity (Wildman–Crippen MR) is 76.0 cm³/mol. The van der Waals surface area contributed by atoms with Crippen LogP contribution >= 0.6 is 0 Å². The van der Waals surface area contributed by atoms with E-state index in [2.05, 4.69) is 46.8 Å². The topological polar surface area (TPSA) is 35.2 Å². The largest absolute Gasteiger partial charge is 0.379 e. The van der Waals surface area contributed by atoms with Gasteiger partial charge in [0.25, 0.3) is 0 Å². The maximum Gasteiger partial charge on any atom is 0.0591 e. The molecule has 0 radical (unpaired) electrons. The highest BCUT2D eigenvalue weighted by Gasteiger charge is 2.52. The molecule has 100 valence electrons. The minimum absolute atomic E-state index is 0.0672. The maximum atomic E-state index is 6.00. The second-order valence-corrected chi connectivity index (χ2v) is 6.41. The van der Waals surface area contributed by atoms with Crippen molar-refractivity contribution in [1.29, 1.82) is 0 Å². The van der Waals surface area contributed by atoms with E-state index >= 15 is 0 Å². The van der Waals surface area contributed by atoms with Gasteiger partial charge in [-0.2, -0.15) is 0 Å². The molecule has 1 saturated heterocycles. The lowest BCUT2D eigenvalue weighted by Crippen LogP contribution is -2.59. The molecule has 1 aliphatic rings. The number of rotatable bonds is 3. The fraction of sp³-hybridized carbons (Fsp3) is 0.625. The van der Waals surface area contributed by atoms with Gasteiger partial charge in [0, 0.05) is 5.41 Å². The third-order valence-corrected chi connectivity index (χ3v) is 4.86. The van der Waals surface area contributed by atoms with E-state index in [1.54, 1.807) is 0 Å². The fourth-order valence-electron chi connectivity index (χ4n) is 2.89. The maximum absolute atomic E-state index is 6.00. The van der Waals surface area contributed by atoms with Crippen LogP contribution in [0.15, 0.2) is 12.1 Å². The summed E-state index contributed by atoms with van der Waals surface area (Å²) >= 11 is 0. The van der Waals surface area contributed by atoms with Crippen molar-refractivity contribution >= 4 is 0 Å². The Morgan fingerprint density at radius 1 is 1.11 bits per heavy atom. The van der Waals surface area contributed by atoms with E-state index in [1.165, 1.54) is 22.3 Å².